The Labute approximate surface area is 309 Å². The molecule has 3 heterocycles. The first-order chi connectivity index (χ1) is 25.4. The summed E-state index contributed by atoms with van der Waals surface area (Å²) in [4.78, 5) is 76.0. The quantitative estimate of drug-likeness (QED) is 0.0940. The number of morpholine rings is 1. The third-order valence-corrected chi connectivity index (χ3v) is 8.39. The van der Waals surface area contributed by atoms with Gasteiger partial charge in [-0.1, -0.05) is 45.0 Å². The van der Waals surface area contributed by atoms with Crippen molar-refractivity contribution in [2.75, 3.05) is 62.0 Å². The van der Waals surface area contributed by atoms with Crippen molar-refractivity contribution in [2.45, 2.75) is 59.0 Å². The summed E-state index contributed by atoms with van der Waals surface area (Å²) in [5.41, 5.74) is 9.04. The number of nitrogen functional groups attached to an aromatic ring is 1. The van der Waals surface area contributed by atoms with E-state index in [4.69, 9.17) is 15.2 Å². The van der Waals surface area contributed by atoms with Crippen LogP contribution in [0.25, 0.3) is 11.3 Å². The molecule has 1 aliphatic heterocycles. The number of nitrogens with one attached hydrogen (secondary N) is 4. The van der Waals surface area contributed by atoms with Crippen molar-refractivity contribution in [1.82, 2.24) is 30.9 Å². The molecule has 1 aromatic carbocycles. The fraction of sp³-hybridized carbons (Fsp3) is 0.459. The maximum Gasteiger partial charge on any atom is 0.278 e. The maximum atomic E-state index is 13.3. The van der Waals surface area contributed by atoms with Crippen molar-refractivity contribution in [3.8, 4) is 11.3 Å². The summed E-state index contributed by atoms with van der Waals surface area (Å²) in [6.45, 7) is 9.15. The van der Waals surface area contributed by atoms with E-state index in [2.05, 4.69) is 41.1 Å². The molecule has 0 bridgehead atoms. The van der Waals surface area contributed by atoms with E-state index in [0.717, 1.165) is 17.5 Å². The molecule has 0 radical (unpaired) electrons. The second-order valence-electron chi connectivity index (χ2n) is 13.5. The summed E-state index contributed by atoms with van der Waals surface area (Å²) in [6, 6.07) is 8.58. The molecule has 284 valence electrons. The van der Waals surface area contributed by atoms with Crippen LogP contribution in [0.5, 0.6) is 0 Å². The van der Waals surface area contributed by atoms with Crippen molar-refractivity contribution < 1.29 is 33.4 Å². The second kappa shape index (κ2) is 19.9. The zero-order valence-corrected chi connectivity index (χ0v) is 30.5. The summed E-state index contributed by atoms with van der Waals surface area (Å²) in [5.74, 6) is -1.17. The lowest BCUT2D eigenvalue weighted by atomic mass is 9.87. The molecule has 1 atom stereocenters. The maximum absolute atomic E-state index is 13.3. The zero-order chi connectivity index (χ0) is 38.2. The normalized spacial score (nSPS) is 13.5. The van der Waals surface area contributed by atoms with Crippen LogP contribution in [0.1, 0.15) is 62.5 Å². The summed E-state index contributed by atoms with van der Waals surface area (Å²) >= 11 is 0. The third kappa shape index (κ3) is 12.9. The minimum atomic E-state index is -0.576. The average Bonchev–Trinajstić information content (AvgIpc) is 3.15. The van der Waals surface area contributed by atoms with Gasteiger partial charge in [-0.3, -0.25) is 24.2 Å². The van der Waals surface area contributed by atoms with Crippen LogP contribution in [0, 0.1) is 5.41 Å². The van der Waals surface area contributed by atoms with E-state index in [9.17, 15) is 24.0 Å². The van der Waals surface area contributed by atoms with Gasteiger partial charge in [-0.2, -0.15) is 0 Å². The topological polar surface area (TPSA) is 220 Å². The smallest absolute Gasteiger partial charge is 0.278 e. The number of pyridine rings is 1. The molecule has 2 aromatic heterocycles. The number of aldehydes is 1. The number of carbonyl (C=O) groups is 5. The number of amides is 4. The van der Waals surface area contributed by atoms with Gasteiger partial charge in [-0.15, -0.1) is 0 Å². The van der Waals surface area contributed by atoms with Crippen LogP contribution in [-0.2, 0) is 35.2 Å². The molecule has 4 rings (SSSR count). The largest absolute Gasteiger partial charge is 0.382 e. The Morgan fingerprint density at radius 1 is 0.962 bits per heavy atom. The molecular weight excluding hydrogens is 682 g/mol. The highest BCUT2D eigenvalue weighted by atomic mass is 16.5. The van der Waals surface area contributed by atoms with E-state index in [1.807, 2.05) is 51.1 Å². The van der Waals surface area contributed by atoms with Gasteiger partial charge in [0.15, 0.2) is 11.5 Å². The molecule has 4 amide bonds. The number of hydrogen-bond acceptors (Lipinski definition) is 12. The highest BCUT2D eigenvalue weighted by Crippen LogP contribution is 2.27. The summed E-state index contributed by atoms with van der Waals surface area (Å²) in [5, 5.41) is 11.1. The van der Waals surface area contributed by atoms with Crippen molar-refractivity contribution in [3.05, 3.63) is 60.2 Å². The third-order valence-electron chi connectivity index (χ3n) is 8.39. The number of aromatic nitrogens is 3. The summed E-state index contributed by atoms with van der Waals surface area (Å²) < 4.78 is 10.8. The van der Waals surface area contributed by atoms with E-state index in [-0.39, 0.29) is 73.7 Å². The minimum absolute atomic E-state index is 0.00493. The van der Waals surface area contributed by atoms with Crippen molar-refractivity contribution >= 4 is 47.1 Å². The highest BCUT2D eigenvalue weighted by molar-refractivity contribution is 6.07. The first kappa shape index (κ1) is 40.3. The Morgan fingerprint density at radius 2 is 1.68 bits per heavy atom. The second-order valence-corrected chi connectivity index (χ2v) is 13.5. The molecule has 1 fully saturated rings. The first-order valence-electron chi connectivity index (χ1n) is 17.6. The molecule has 6 N–H and O–H groups in total. The van der Waals surface area contributed by atoms with Crippen LogP contribution in [0.2, 0.25) is 0 Å². The predicted molar refractivity (Wildman–Crippen MR) is 199 cm³/mol. The van der Waals surface area contributed by atoms with E-state index < -0.39 is 11.9 Å². The number of carbonyl (C=O) groups excluding carboxylic acids is 5. The van der Waals surface area contributed by atoms with Gasteiger partial charge in [0.25, 0.3) is 5.91 Å². The van der Waals surface area contributed by atoms with Gasteiger partial charge < -0.3 is 46.2 Å². The zero-order valence-electron chi connectivity index (χ0n) is 30.5. The Kier molecular flexibility index (Phi) is 15.2. The first-order valence-corrected chi connectivity index (χ1v) is 17.6. The summed E-state index contributed by atoms with van der Waals surface area (Å²) in [7, 11) is 0. The molecule has 16 nitrogen and oxygen atoms in total. The predicted octanol–water partition coefficient (Wildman–Crippen LogP) is 2.25. The van der Waals surface area contributed by atoms with Crippen LogP contribution in [0.15, 0.2) is 48.9 Å². The molecule has 0 spiro atoms. The molecule has 0 aliphatic carbocycles. The van der Waals surface area contributed by atoms with E-state index >= 15 is 0 Å². The van der Waals surface area contributed by atoms with Gasteiger partial charge in [0.05, 0.1) is 61.9 Å². The molecule has 3 aromatic rings. The fourth-order valence-corrected chi connectivity index (χ4v) is 5.26. The number of hydrogen-bond donors (Lipinski definition) is 5. The van der Waals surface area contributed by atoms with Crippen LogP contribution < -0.4 is 31.9 Å². The molecule has 1 saturated heterocycles. The molecule has 53 heavy (non-hydrogen) atoms. The highest BCUT2D eigenvalue weighted by Gasteiger charge is 2.25. The Bertz CT molecular complexity index is 1710. The molecule has 16 heteroatoms. The number of nitrogens with zero attached hydrogens (tertiary/aromatic N) is 4. The summed E-state index contributed by atoms with van der Waals surface area (Å²) in [6.07, 6.45) is 6.33. The monoisotopic (exact) mass is 731 g/mol. The van der Waals surface area contributed by atoms with Gasteiger partial charge in [0, 0.05) is 57.2 Å². The SMILES string of the molecule is CC(C)(C)C(C=O)NC(=O)CCOCCNC(=O)CCCC(=O)NCc1ccc(-c2cnc(N)c(C(=O)Nc3cnccc3N3CCOCC3)n2)cc1. The molecule has 1 unspecified atom stereocenters. The number of ether oxygens (including phenoxy) is 2. The number of anilines is 3. The Morgan fingerprint density at radius 3 is 2.38 bits per heavy atom. The van der Waals surface area contributed by atoms with Crippen LogP contribution >= 0.6 is 0 Å². The Hall–Kier alpha value is -5.48. The molecule has 0 saturated carbocycles. The van der Waals surface area contributed by atoms with Crippen LogP contribution in [0.4, 0.5) is 17.2 Å². The van der Waals surface area contributed by atoms with Gasteiger partial charge in [-0.25, -0.2) is 9.97 Å². The van der Waals surface area contributed by atoms with Crippen molar-refractivity contribution in [3.63, 3.8) is 0 Å². The molecular formula is C37H49N9O7. The van der Waals surface area contributed by atoms with Crippen LogP contribution in [-0.4, -0.2) is 97.0 Å². The lowest BCUT2D eigenvalue weighted by molar-refractivity contribution is -0.126. The molecule has 1 aliphatic rings. The van der Waals surface area contributed by atoms with Gasteiger partial charge >= 0.3 is 0 Å². The van der Waals surface area contributed by atoms with Gasteiger partial charge in [0.2, 0.25) is 17.7 Å². The minimum Gasteiger partial charge on any atom is -0.382 e. The van der Waals surface area contributed by atoms with Gasteiger partial charge in [0.1, 0.15) is 6.29 Å². The fourth-order valence-electron chi connectivity index (χ4n) is 5.26. The van der Waals surface area contributed by atoms with Gasteiger partial charge in [-0.05, 0) is 23.5 Å². The lowest BCUT2D eigenvalue weighted by Crippen LogP contribution is -2.45. The Balaban J connectivity index is 1.14. The average molecular weight is 732 g/mol. The lowest BCUT2D eigenvalue weighted by Gasteiger charge is -2.30. The number of rotatable bonds is 18. The van der Waals surface area contributed by atoms with Crippen molar-refractivity contribution in [1.29, 1.82) is 0 Å². The van der Waals surface area contributed by atoms with E-state index in [0.29, 0.717) is 56.2 Å². The number of benzene rings is 1. The standard InChI is InChI=1S/C37H49N9O7/c1-37(2,3)30(24-47)45-33(50)12-17-52-18-14-40-31(48)5-4-6-32(49)41-21-25-7-9-26(10-8-25)27-23-42-35(38)34(43-27)36(51)44-28-22-39-13-11-29(28)46-15-19-53-20-16-46/h7-11,13,22-24,30H,4-6,12,14-21H2,1-3H3,(H2,38,42)(H,40,48)(H,41,49)(H,44,51)(H,45,50). The number of nitrogens with two attached hydrogens (primary N) is 1. The van der Waals surface area contributed by atoms with Crippen LogP contribution in [0.3, 0.4) is 0 Å². The van der Waals surface area contributed by atoms with E-state index in [1.165, 1.54) is 6.20 Å². The van der Waals surface area contributed by atoms with Crippen molar-refractivity contribution in [2.24, 2.45) is 5.41 Å². The van der Waals surface area contributed by atoms with E-state index in [1.54, 1.807) is 12.4 Å².